The number of hydrogen-bond donors (Lipinski definition) is 2. The zero-order chi connectivity index (χ0) is 14.5. The van der Waals surface area contributed by atoms with E-state index < -0.39 is 0 Å². The van der Waals surface area contributed by atoms with Gasteiger partial charge in [-0.2, -0.15) is 0 Å². The lowest BCUT2D eigenvalue weighted by atomic mass is 9.86. The topological polar surface area (TPSA) is 80.9 Å². The number of carbonyl (C=O) groups excluding carboxylic acids is 1. The first-order valence-electron chi connectivity index (χ1n) is 7.08. The number of carbonyl (C=O) groups is 1. The maximum Gasteiger partial charge on any atom is 0.230 e. The summed E-state index contributed by atoms with van der Waals surface area (Å²) in [5.74, 6) is 1.41. The third-order valence-electron chi connectivity index (χ3n) is 3.64. The van der Waals surface area contributed by atoms with Crippen molar-refractivity contribution in [2.75, 3.05) is 11.5 Å². The number of amides is 1. The Morgan fingerprint density at radius 3 is 2.90 bits per heavy atom. The maximum atomic E-state index is 12.0. The Morgan fingerprint density at radius 2 is 2.20 bits per heavy atom. The van der Waals surface area contributed by atoms with E-state index in [-0.39, 0.29) is 5.91 Å². The van der Waals surface area contributed by atoms with E-state index >= 15 is 0 Å². The molecular weight excluding hydrogens is 272 g/mol. The quantitative estimate of drug-likeness (QED) is 0.657. The van der Waals surface area contributed by atoms with Crippen LogP contribution in [0.15, 0.2) is 11.2 Å². The summed E-state index contributed by atoms with van der Waals surface area (Å²) in [6.45, 7) is 4.08. The number of nitrogens with zero attached hydrogens (tertiary/aromatic N) is 2. The van der Waals surface area contributed by atoms with Crippen LogP contribution in [0.25, 0.3) is 0 Å². The van der Waals surface area contributed by atoms with Gasteiger partial charge in [0.05, 0.1) is 5.75 Å². The first-order valence-corrected chi connectivity index (χ1v) is 8.06. The van der Waals surface area contributed by atoms with Crippen molar-refractivity contribution in [2.24, 2.45) is 5.92 Å². The number of aryl methyl sites for hydroxylation is 1. The molecule has 1 aromatic rings. The van der Waals surface area contributed by atoms with Gasteiger partial charge in [-0.15, -0.1) is 0 Å². The molecule has 1 amide bonds. The molecule has 1 saturated carbocycles. The van der Waals surface area contributed by atoms with Gasteiger partial charge in [0.2, 0.25) is 5.91 Å². The molecule has 1 aromatic heterocycles. The van der Waals surface area contributed by atoms with Crippen LogP contribution in [-0.2, 0) is 4.79 Å². The molecule has 20 heavy (non-hydrogen) atoms. The van der Waals surface area contributed by atoms with Crippen molar-refractivity contribution in [1.29, 1.82) is 0 Å². The van der Waals surface area contributed by atoms with E-state index in [4.69, 9.17) is 5.73 Å². The number of hydrogen-bond acceptors (Lipinski definition) is 5. The van der Waals surface area contributed by atoms with Gasteiger partial charge in [0, 0.05) is 17.8 Å². The molecule has 1 aliphatic carbocycles. The van der Waals surface area contributed by atoms with Gasteiger partial charge in [0.1, 0.15) is 5.82 Å². The molecule has 2 atom stereocenters. The zero-order valence-corrected chi connectivity index (χ0v) is 12.9. The first kappa shape index (κ1) is 15.1. The molecule has 0 aromatic carbocycles. The van der Waals surface area contributed by atoms with E-state index in [1.807, 2.05) is 6.92 Å². The van der Waals surface area contributed by atoms with Crippen molar-refractivity contribution in [3.8, 4) is 0 Å². The lowest BCUT2D eigenvalue weighted by Gasteiger charge is -2.29. The number of thioether (sulfide) groups is 1. The summed E-state index contributed by atoms with van der Waals surface area (Å²) in [7, 11) is 0. The molecule has 1 aliphatic rings. The fourth-order valence-corrected chi connectivity index (χ4v) is 3.26. The fraction of sp³-hybridized carbons (Fsp3) is 0.643. The molecule has 0 saturated heterocycles. The predicted octanol–water partition coefficient (Wildman–Crippen LogP) is 2.15. The van der Waals surface area contributed by atoms with Crippen molar-refractivity contribution < 1.29 is 4.79 Å². The van der Waals surface area contributed by atoms with Crippen molar-refractivity contribution >= 4 is 23.5 Å². The van der Waals surface area contributed by atoms with Crippen molar-refractivity contribution in [3.63, 3.8) is 0 Å². The van der Waals surface area contributed by atoms with Crippen LogP contribution in [0.3, 0.4) is 0 Å². The van der Waals surface area contributed by atoms with Crippen LogP contribution < -0.4 is 11.1 Å². The van der Waals surface area contributed by atoms with Crippen molar-refractivity contribution in [1.82, 2.24) is 15.3 Å². The first-order chi connectivity index (χ1) is 9.54. The average Bonchev–Trinajstić information content (AvgIpc) is 2.38. The lowest BCUT2D eigenvalue weighted by Crippen LogP contribution is -2.41. The number of nitrogens with two attached hydrogens (primary N) is 1. The van der Waals surface area contributed by atoms with Crippen LogP contribution in [0.1, 0.15) is 38.3 Å². The van der Waals surface area contributed by atoms with Crippen molar-refractivity contribution in [2.45, 2.75) is 50.7 Å². The maximum absolute atomic E-state index is 12.0. The minimum Gasteiger partial charge on any atom is -0.384 e. The Balaban J connectivity index is 1.82. The third kappa shape index (κ3) is 4.37. The largest absolute Gasteiger partial charge is 0.384 e. The van der Waals surface area contributed by atoms with E-state index in [1.165, 1.54) is 31.0 Å². The SMILES string of the molecule is Cc1cc(N)nc(SCC(=O)NC2CCCCC2C)n1. The van der Waals surface area contributed by atoms with Crippen LogP contribution in [0.5, 0.6) is 0 Å². The van der Waals surface area contributed by atoms with Crippen molar-refractivity contribution in [3.05, 3.63) is 11.8 Å². The highest BCUT2D eigenvalue weighted by Gasteiger charge is 2.22. The molecule has 0 radical (unpaired) electrons. The highest BCUT2D eigenvalue weighted by Crippen LogP contribution is 2.24. The molecule has 5 nitrogen and oxygen atoms in total. The second-order valence-electron chi connectivity index (χ2n) is 5.44. The van der Waals surface area contributed by atoms with E-state index in [0.717, 1.165) is 12.1 Å². The Hall–Kier alpha value is -1.30. The van der Waals surface area contributed by atoms with Crippen LogP contribution in [-0.4, -0.2) is 27.7 Å². The fourth-order valence-electron chi connectivity index (χ4n) is 2.54. The molecule has 0 spiro atoms. The van der Waals surface area contributed by atoms with Gasteiger partial charge in [-0.1, -0.05) is 31.5 Å². The van der Waals surface area contributed by atoms with E-state index in [0.29, 0.717) is 28.7 Å². The van der Waals surface area contributed by atoms with Gasteiger partial charge in [0.25, 0.3) is 0 Å². The number of aromatic nitrogens is 2. The minimum atomic E-state index is 0.0532. The van der Waals surface area contributed by atoms with Gasteiger partial charge in [-0.05, 0) is 25.7 Å². The molecule has 1 heterocycles. The molecular formula is C14H22N4OS. The molecule has 0 aliphatic heterocycles. The molecule has 6 heteroatoms. The Morgan fingerprint density at radius 1 is 1.45 bits per heavy atom. The Labute approximate surface area is 124 Å². The minimum absolute atomic E-state index is 0.0532. The monoisotopic (exact) mass is 294 g/mol. The zero-order valence-electron chi connectivity index (χ0n) is 12.1. The van der Waals surface area contributed by atoms with E-state index in [9.17, 15) is 4.79 Å². The summed E-state index contributed by atoms with van der Waals surface area (Å²) in [4.78, 5) is 20.4. The van der Waals surface area contributed by atoms with Gasteiger partial charge in [-0.25, -0.2) is 9.97 Å². The Kier molecular flexibility index (Phi) is 5.23. The molecule has 2 unspecified atom stereocenters. The number of nitrogens with one attached hydrogen (secondary N) is 1. The number of rotatable bonds is 4. The summed E-state index contributed by atoms with van der Waals surface area (Å²) in [6, 6.07) is 2.04. The normalized spacial score (nSPS) is 22.5. The van der Waals surface area contributed by atoms with Gasteiger partial charge in [-0.3, -0.25) is 4.79 Å². The van der Waals surface area contributed by atoms with E-state index in [2.05, 4.69) is 22.2 Å². The summed E-state index contributed by atoms with van der Waals surface area (Å²) in [5.41, 5.74) is 6.49. The Bertz CT molecular complexity index is 460. The standard InChI is InChI=1S/C14H22N4OS/c1-9-5-3-4-6-11(9)17-13(19)8-20-14-16-10(2)7-12(15)18-14/h7,9,11H,3-6,8H2,1-2H3,(H,17,19)(H2,15,16,18). The van der Waals surface area contributed by atoms with Crippen LogP contribution >= 0.6 is 11.8 Å². The van der Waals surface area contributed by atoms with Crippen LogP contribution in [0.2, 0.25) is 0 Å². The molecule has 2 rings (SSSR count). The van der Waals surface area contributed by atoms with E-state index in [1.54, 1.807) is 6.07 Å². The van der Waals surface area contributed by atoms with Crippen LogP contribution in [0, 0.1) is 12.8 Å². The van der Waals surface area contributed by atoms with Gasteiger partial charge in [0.15, 0.2) is 5.16 Å². The molecule has 110 valence electrons. The van der Waals surface area contributed by atoms with Crippen LogP contribution in [0.4, 0.5) is 5.82 Å². The molecule has 3 N–H and O–H groups in total. The summed E-state index contributed by atoms with van der Waals surface area (Å²) in [6.07, 6.45) is 4.78. The predicted molar refractivity (Wildman–Crippen MR) is 81.5 cm³/mol. The second kappa shape index (κ2) is 6.92. The van der Waals surface area contributed by atoms with Gasteiger partial charge < -0.3 is 11.1 Å². The number of anilines is 1. The summed E-state index contributed by atoms with van der Waals surface area (Å²) in [5, 5.41) is 3.69. The highest BCUT2D eigenvalue weighted by atomic mass is 32.2. The molecule has 1 fully saturated rings. The lowest BCUT2D eigenvalue weighted by molar-refractivity contribution is -0.119. The number of nitrogen functional groups attached to an aromatic ring is 1. The average molecular weight is 294 g/mol. The smallest absolute Gasteiger partial charge is 0.230 e. The van der Waals surface area contributed by atoms with Gasteiger partial charge >= 0.3 is 0 Å². The highest BCUT2D eigenvalue weighted by molar-refractivity contribution is 7.99. The molecule has 0 bridgehead atoms. The summed E-state index contributed by atoms with van der Waals surface area (Å²) < 4.78 is 0. The summed E-state index contributed by atoms with van der Waals surface area (Å²) >= 11 is 1.33. The third-order valence-corrected chi connectivity index (χ3v) is 4.49. The second-order valence-corrected chi connectivity index (χ2v) is 6.38.